The van der Waals surface area contributed by atoms with Crippen molar-refractivity contribution in [1.82, 2.24) is 10.6 Å². The van der Waals surface area contributed by atoms with Crippen molar-refractivity contribution in [2.45, 2.75) is 19.6 Å². The maximum Gasteiger partial charge on any atom is 0.310 e. The number of hydrogen-bond donors (Lipinski definition) is 2. The normalized spacial score (nSPS) is 16.4. The Morgan fingerprint density at radius 2 is 2.19 bits per heavy atom. The molecule has 27 heavy (non-hydrogen) atoms. The van der Waals surface area contributed by atoms with Crippen LogP contribution in [0.25, 0.3) is 0 Å². The smallest absolute Gasteiger partial charge is 0.310 e. The summed E-state index contributed by atoms with van der Waals surface area (Å²) in [6.45, 7) is 3.90. The molecule has 144 valence electrons. The molecular formula is C19H21BrClN3O3. The Morgan fingerprint density at radius 3 is 2.89 bits per heavy atom. The standard InChI is InChI=1S/C19H21BrClN3O3/c20-17-8-16(21)3-2-15(17)12-27-19-7-13(1-4-18(19)24(25)26)9-23-11-14-5-6-22-10-14/h1-4,7-8,14,22-23H,5-6,9-12H2. The van der Waals surface area contributed by atoms with Gasteiger partial charge in [0.15, 0.2) is 5.75 Å². The number of halogens is 2. The van der Waals surface area contributed by atoms with Gasteiger partial charge in [-0.15, -0.1) is 0 Å². The van der Waals surface area contributed by atoms with Crippen molar-refractivity contribution in [3.63, 3.8) is 0 Å². The van der Waals surface area contributed by atoms with E-state index in [0.29, 0.717) is 17.5 Å². The van der Waals surface area contributed by atoms with Crippen molar-refractivity contribution in [3.05, 3.63) is 67.1 Å². The maximum atomic E-state index is 11.3. The second kappa shape index (κ2) is 9.50. The quantitative estimate of drug-likeness (QED) is 0.460. The van der Waals surface area contributed by atoms with Gasteiger partial charge in [-0.3, -0.25) is 10.1 Å². The summed E-state index contributed by atoms with van der Waals surface area (Å²) >= 11 is 9.38. The molecule has 1 heterocycles. The first-order valence-corrected chi connectivity index (χ1v) is 9.95. The third-order valence-corrected chi connectivity index (χ3v) is 5.52. The molecule has 1 aliphatic rings. The van der Waals surface area contributed by atoms with Gasteiger partial charge >= 0.3 is 5.69 Å². The summed E-state index contributed by atoms with van der Waals surface area (Å²) in [5.41, 5.74) is 1.78. The van der Waals surface area contributed by atoms with Crippen molar-refractivity contribution in [3.8, 4) is 5.75 Å². The van der Waals surface area contributed by atoms with Crippen molar-refractivity contribution in [2.24, 2.45) is 5.92 Å². The molecular weight excluding hydrogens is 434 g/mol. The molecule has 0 saturated carbocycles. The van der Waals surface area contributed by atoms with Crippen LogP contribution in [0.2, 0.25) is 5.02 Å². The van der Waals surface area contributed by atoms with Gasteiger partial charge in [0, 0.05) is 27.7 Å². The number of nitrogens with zero attached hydrogens (tertiary/aromatic N) is 1. The predicted octanol–water partition coefficient (Wildman–Crippen LogP) is 4.29. The molecule has 1 unspecified atom stereocenters. The topological polar surface area (TPSA) is 76.4 Å². The first kappa shape index (κ1) is 20.1. The van der Waals surface area contributed by atoms with Crippen LogP contribution in [0.1, 0.15) is 17.5 Å². The number of rotatable bonds is 8. The molecule has 1 saturated heterocycles. The molecule has 2 aromatic carbocycles. The number of hydrogen-bond acceptors (Lipinski definition) is 5. The van der Waals surface area contributed by atoms with E-state index < -0.39 is 4.92 Å². The van der Waals surface area contributed by atoms with Gasteiger partial charge in [-0.2, -0.15) is 0 Å². The fourth-order valence-electron chi connectivity index (χ4n) is 3.04. The monoisotopic (exact) mass is 453 g/mol. The minimum absolute atomic E-state index is 0.0381. The molecule has 2 N–H and O–H groups in total. The molecule has 3 rings (SSSR count). The number of benzene rings is 2. The molecule has 1 fully saturated rings. The molecule has 0 amide bonds. The van der Waals surface area contributed by atoms with Gasteiger partial charge in [-0.1, -0.05) is 39.7 Å². The second-order valence-corrected chi connectivity index (χ2v) is 7.86. The van der Waals surface area contributed by atoms with Gasteiger partial charge in [0.05, 0.1) is 4.92 Å². The highest BCUT2D eigenvalue weighted by atomic mass is 79.9. The Bertz CT molecular complexity index is 813. The van der Waals surface area contributed by atoms with Crippen LogP contribution in [0.3, 0.4) is 0 Å². The highest BCUT2D eigenvalue weighted by molar-refractivity contribution is 9.10. The molecule has 0 radical (unpaired) electrons. The Hall–Kier alpha value is -1.67. The van der Waals surface area contributed by atoms with Crippen molar-refractivity contribution >= 4 is 33.2 Å². The van der Waals surface area contributed by atoms with E-state index in [-0.39, 0.29) is 18.0 Å². The number of ether oxygens (including phenoxy) is 1. The van der Waals surface area contributed by atoms with Crippen LogP contribution in [0.4, 0.5) is 5.69 Å². The van der Waals surface area contributed by atoms with E-state index in [0.717, 1.165) is 35.2 Å². The minimum Gasteiger partial charge on any atom is -0.482 e. The van der Waals surface area contributed by atoms with Crippen LogP contribution in [0, 0.1) is 16.0 Å². The molecule has 8 heteroatoms. The Morgan fingerprint density at radius 1 is 1.33 bits per heavy atom. The summed E-state index contributed by atoms with van der Waals surface area (Å²) in [4.78, 5) is 10.9. The summed E-state index contributed by atoms with van der Waals surface area (Å²) in [5, 5.41) is 18.7. The summed E-state index contributed by atoms with van der Waals surface area (Å²) in [5.74, 6) is 0.907. The average Bonchev–Trinajstić information content (AvgIpc) is 3.14. The van der Waals surface area contributed by atoms with Gasteiger partial charge in [-0.25, -0.2) is 0 Å². The van der Waals surface area contributed by atoms with E-state index in [1.165, 1.54) is 12.5 Å². The van der Waals surface area contributed by atoms with Gasteiger partial charge < -0.3 is 15.4 Å². The van der Waals surface area contributed by atoms with Crippen LogP contribution in [-0.4, -0.2) is 24.6 Å². The molecule has 0 spiro atoms. The Labute approximate surface area is 171 Å². The van der Waals surface area contributed by atoms with E-state index in [4.69, 9.17) is 16.3 Å². The van der Waals surface area contributed by atoms with E-state index in [2.05, 4.69) is 26.6 Å². The van der Waals surface area contributed by atoms with Crippen LogP contribution < -0.4 is 15.4 Å². The third kappa shape index (κ3) is 5.65. The maximum absolute atomic E-state index is 11.3. The SMILES string of the molecule is O=[N+]([O-])c1ccc(CNCC2CCNC2)cc1OCc1ccc(Cl)cc1Br. The first-order valence-electron chi connectivity index (χ1n) is 8.78. The molecule has 1 aliphatic heterocycles. The third-order valence-electron chi connectivity index (χ3n) is 4.54. The highest BCUT2D eigenvalue weighted by Crippen LogP contribution is 2.30. The van der Waals surface area contributed by atoms with Crippen molar-refractivity contribution in [1.29, 1.82) is 0 Å². The van der Waals surface area contributed by atoms with Gasteiger partial charge in [-0.05, 0) is 55.7 Å². The first-order chi connectivity index (χ1) is 13.0. The number of nitro groups is 1. The van der Waals surface area contributed by atoms with Crippen LogP contribution in [0.15, 0.2) is 40.9 Å². The van der Waals surface area contributed by atoms with Crippen LogP contribution in [-0.2, 0) is 13.2 Å². The fourth-order valence-corrected chi connectivity index (χ4v) is 3.84. The van der Waals surface area contributed by atoms with Gasteiger partial charge in [0.1, 0.15) is 6.61 Å². The second-order valence-electron chi connectivity index (χ2n) is 6.57. The summed E-state index contributed by atoms with van der Waals surface area (Å²) in [6.07, 6.45) is 1.18. The lowest BCUT2D eigenvalue weighted by Gasteiger charge is -2.12. The van der Waals surface area contributed by atoms with Gasteiger partial charge in [0.2, 0.25) is 0 Å². The van der Waals surface area contributed by atoms with Crippen molar-refractivity contribution in [2.75, 3.05) is 19.6 Å². The molecule has 0 bridgehead atoms. The number of nitrogens with one attached hydrogen (secondary N) is 2. The lowest BCUT2D eigenvalue weighted by atomic mass is 10.1. The highest BCUT2D eigenvalue weighted by Gasteiger charge is 2.17. The fraction of sp³-hybridized carbons (Fsp3) is 0.368. The Balaban J connectivity index is 1.66. The predicted molar refractivity (Wildman–Crippen MR) is 109 cm³/mol. The number of nitro benzene ring substituents is 1. The van der Waals surface area contributed by atoms with Gasteiger partial charge in [0.25, 0.3) is 0 Å². The molecule has 1 atom stereocenters. The largest absolute Gasteiger partial charge is 0.482 e. The summed E-state index contributed by atoms with van der Waals surface area (Å²) < 4.78 is 6.58. The minimum atomic E-state index is -0.423. The van der Waals surface area contributed by atoms with E-state index >= 15 is 0 Å². The van der Waals surface area contributed by atoms with Crippen molar-refractivity contribution < 1.29 is 9.66 Å². The molecule has 2 aromatic rings. The van der Waals surface area contributed by atoms with Crippen LogP contribution in [0.5, 0.6) is 5.75 Å². The zero-order chi connectivity index (χ0) is 19.2. The lowest BCUT2D eigenvalue weighted by Crippen LogP contribution is -2.24. The Kier molecular flexibility index (Phi) is 7.07. The molecule has 0 aliphatic carbocycles. The van der Waals surface area contributed by atoms with E-state index in [1.807, 2.05) is 6.07 Å². The summed E-state index contributed by atoms with van der Waals surface area (Å²) in [6, 6.07) is 10.4. The van der Waals surface area contributed by atoms with E-state index in [9.17, 15) is 10.1 Å². The average molecular weight is 455 g/mol. The van der Waals surface area contributed by atoms with Crippen LogP contribution >= 0.6 is 27.5 Å². The summed E-state index contributed by atoms with van der Waals surface area (Å²) in [7, 11) is 0. The zero-order valence-corrected chi connectivity index (χ0v) is 17.1. The van der Waals surface area contributed by atoms with E-state index in [1.54, 1.807) is 24.3 Å². The zero-order valence-electron chi connectivity index (χ0n) is 14.7. The lowest BCUT2D eigenvalue weighted by molar-refractivity contribution is -0.386. The molecule has 0 aromatic heterocycles. The molecule has 6 nitrogen and oxygen atoms in total.